The molecule has 2 unspecified atom stereocenters. The van der Waals surface area contributed by atoms with Crippen LogP contribution in [-0.4, -0.2) is 34.7 Å². The first-order valence-corrected chi connectivity index (χ1v) is 5.10. The molecule has 0 aliphatic heterocycles. The smallest absolute Gasteiger partial charge is 0.236 e. The first-order chi connectivity index (χ1) is 5.04. The fraction of sp³-hybridized carbons (Fsp3) is 0.833. The molecule has 11 heavy (non-hydrogen) atoms. The van der Waals surface area contributed by atoms with E-state index in [0.717, 1.165) is 0 Å². The van der Waals surface area contributed by atoms with Crippen molar-refractivity contribution in [2.24, 2.45) is 5.73 Å². The number of carbonyl (C=O) groups is 1. The lowest BCUT2D eigenvalue weighted by Crippen LogP contribution is -2.39. The molecule has 2 atom stereocenters. The summed E-state index contributed by atoms with van der Waals surface area (Å²) in [6, 6.07) is -0.486. The van der Waals surface area contributed by atoms with Crippen molar-refractivity contribution in [1.29, 1.82) is 0 Å². The lowest BCUT2D eigenvalue weighted by atomic mass is 10.3. The Kier molecular flexibility index (Phi) is 5.06. The number of hydrogen-bond acceptors (Lipinski definition) is 3. The zero-order chi connectivity index (χ0) is 8.85. The Morgan fingerprint density at radius 1 is 1.73 bits per heavy atom. The van der Waals surface area contributed by atoms with Crippen LogP contribution in [0.25, 0.3) is 0 Å². The van der Waals surface area contributed by atoms with Crippen LogP contribution in [0.5, 0.6) is 0 Å². The highest BCUT2D eigenvalue weighted by molar-refractivity contribution is 7.84. The van der Waals surface area contributed by atoms with Crippen molar-refractivity contribution in [2.45, 2.75) is 13.0 Å². The van der Waals surface area contributed by atoms with Crippen LogP contribution in [0.3, 0.4) is 0 Å². The van der Waals surface area contributed by atoms with Gasteiger partial charge in [0.15, 0.2) is 0 Å². The number of hydrogen-bond donors (Lipinski definition) is 2. The van der Waals surface area contributed by atoms with Gasteiger partial charge in [-0.3, -0.25) is 9.00 Å². The second-order valence-electron chi connectivity index (χ2n) is 2.36. The summed E-state index contributed by atoms with van der Waals surface area (Å²) in [4.78, 5) is 10.8. The van der Waals surface area contributed by atoms with Gasteiger partial charge in [-0.1, -0.05) is 0 Å². The molecule has 0 saturated heterocycles. The first-order valence-electron chi connectivity index (χ1n) is 3.37. The van der Waals surface area contributed by atoms with Gasteiger partial charge in [0, 0.05) is 29.4 Å². The molecule has 3 N–H and O–H groups in total. The predicted octanol–water partition coefficient (Wildman–Crippen LogP) is -1.17. The van der Waals surface area contributed by atoms with Crippen LogP contribution in [0.2, 0.25) is 0 Å². The molecule has 4 nitrogen and oxygen atoms in total. The molecule has 0 rings (SSSR count). The van der Waals surface area contributed by atoms with Crippen LogP contribution in [0.15, 0.2) is 0 Å². The van der Waals surface area contributed by atoms with Gasteiger partial charge in [-0.2, -0.15) is 0 Å². The molecule has 5 heteroatoms. The van der Waals surface area contributed by atoms with Crippen molar-refractivity contribution < 1.29 is 9.00 Å². The van der Waals surface area contributed by atoms with Crippen LogP contribution in [0, 0.1) is 0 Å². The van der Waals surface area contributed by atoms with E-state index in [-0.39, 0.29) is 5.91 Å². The Bertz CT molecular complexity index is 159. The van der Waals surface area contributed by atoms with Crippen molar-refractivity contribution >= 4 is 16.7 Å². The van der Waals surface area contributed by atoms with E-state index < -0.39 is 16.8 Å². The Morgan fingerprint density at radius 3 is 2.64 bits per heavy atom. The molecule has 0 fully saturated rings. The summed E-state index contributed by atoms with van der Waals surface area (Å²) >= 11 is 0. The zero-order valence-corrected chi connectivity index (χ0v) is 7.61. The van der Waals surface area contributed by atoms with E-state index in [4.69, 9.17) is 5.73 Å². The number of rotatable bonds is 4. The van der Waals surface area contributed by atoms with Crippen molar-refractivity contribution in [1.82, 2.24) is 5.32 Å². The molecule has 0 saturated carbocycles. The van der Waals surface area contributed by atoms with E-state index in [9.17, 15) is 9.00 Å². The molecule has 0 aromatic heterocycles. The summed E-state index contributed by atoms with van der Waals surface area (Å²) < 4.78 is 10.5. The average Bonchev–Trinajstić information content (AvgIpc) is 1.86. The average molecular weight is 178 g/mol. The van der Waals surface area contributed by atoms with Crippen molar-refractivity contribution in [2.75, 3.05) is 18.6 Å². The zero-order valence-electron chi connectivity index (χ0n) is 6.79. The van der Waals surface area contributed by atoms with Gasteiger partial charge < -0.3 is 11.1 Å². The Hall–Kier alpha value is -0.420. The number of amides is 1. The van der Waals surface area contributed by atoms with Gasteiger partial charge in [-0.05, 0) is 6.92 Å². The largest absolute Gasteiger partial charge is 0.354 e. The van der Waals surface area contributed by atoms with Gasteiger partial charge in [0.05, 0.1) is 6.04 Å². The predicted molar refractivity (Wildman–Crippen MR) is 45.6 cm³/mol. The molecule has 0 aromatic rings. The van der Waals surface area contributed by atoms with E-state index in [2.05, 4.69) is 5.32 Å². The molecule has 0 spiro atoms. The molecule has 0 radical (unpaired) electrons. The second-order valence-corrected chi connectivity index (χ2v) is 3.91. The van der Waals surface area contributed by atoms with E-state index in [1.165, 1.54) is 0 Å². The minimum absolute atomic E-state index is 0.199. The standard InChI is InChI=1S/C6H14N2O2S/c1-5(7)6(9)8-3-4-11(2)10/h5H,3-4,7H2,1-2H3,(H,8,9). The number of nitrogens with one attached hydrogen (secondary N) is 1. The topological polar surface area (TPSA) is 72.2 Å². The summed E-state index contributed by atoms with van der Waals surface area (Å²) in [6.45, 7) is 2.04. The molecular formula is C6H14N2O2S. The molecular weight excluding hydrogens is 164 g/mol. The van der Waals surface area contributed by atoms with Crippen LogP contribution >= 0.6 is 0 Å². The SMILES string of the molecule is CC(N)C(=O)NCCS(C)=O. The summed E-state index contributed by atoms with van der Waals surface area (Å²) in [7, 11) is -0.851. The van der Waals surface area contributed by atoms with Crippen molar-refractivity contribution in [3.8, 4) is 0 Å². The van der Waals surface area contributed by atoms with Gasteiger partial charge in [-0.25, -0.2) is 0 Å². The van der Waals surface area contributed by atoms with Gasteiger partial charge in [-0.15, -0.1) is 0 Å². The summed E-state index contributed by atoms with van der Waals surface area (Å²) in [5.74, 6) is 0.286. The number of carbonyl (C=O) groups excluding carboxylic acids is 1. The van der Waals surface area contributed by atoms with Gasteiger partial charge >= 0.3 is 0 Å². The highest BCUT2D eigenvalue weighted by Gasteiger charge is 2.05. The minimum Gasteiger partial charge on any atom is -0.354 e. The molecule has 66 valence electrons. The van der Waals surface area contributed by atoms with E-state index >= 15 is 0 Å². The fourth-order valence-corrected chi connectivity index (χ4v) is 0.868. The van der Waals surface area contributed by atoms with Gasteiger partial charge in [0.2, 0.25) is 5.91 Å². The van der Waals surface area contributed by atoms with E-state index in [1.54, 1.807) is 13.2 Å². The quantitative estimate of drug-likeness (QED) is 0.569. The van der Waals surface area contributed by atoms with Crippen LogP contribution in [-0.2, 0) is 15.6 Å². The maximum Gasteiger partial charge on any atom is 0.236 e. The van der Waals surface area contributed by atoms with E-state index in [0.29, 0.717) is 12.3 Å². The van der Waals surface area contributed by atoms with E-state index in [1.807, 2.05) is 0 Å². The Morgan fingerprint density at radius 2 is 2.27 bits per heavy atom. The highest BCUT2D eigenvalue weighted by atomic mass is 32.2. The third kappa shape index (κ3) is 6.00. The number of nitrogens with two attached hydrogens (primary N) is 1. The van der Waals surface area contributed by atoms with Gasteiger partial charge in [0.1, 0.15) is 0 Å². The maximum absolute atomic E-state index is 10.8. The molecule has 0 aliphatic carbocycles. The summed E-state index contributed by atoms with van der Waals surface area (Å²) in [5, 5.41) is 2.56. The molecule has 1 amide bonds. The molecule has 0 aliphatic rings. The van der Waals surface area contributed by atoms with Crippen LogP contribution < -0.4 is 11.1 Å². The Labute approximate surface area is 69.0 Å². The molecule has 0 aromatic carbocycles. The highest BCUT2D eigenvalue weighted by Crippen LogP contribution is 1.76. The van der Waals surface area contributed by atoms with Crippen molar-refractivity contribution in [3.05, 3.63) is 0 Å². The minimum atomic E-state index is -0.851. The monoisotopic (exact) mass is 178 g/mol. The lowest BCUT2D eigenvalue weighted by Gasteiger charge is -2.05. The first kappa shape index (κ1) is 10.6. The third-order valence-electron chi connectivity index (χ3n) is 1.10. The molecule has 0 bridgehead atoms. The third-order valence-corrected chi connectivity index (χ3v) is 1.88. The van der Waals surface area contributed by atoms with Gasteiger partial charge in [0.25, 0.3) is 0 Å². The second kappa shape index (κ2) is 5.26. The van der Waals surface area contributed by atoms with Crippen LogP contribution in [0.1, 0.15) is 6.92 Å². The van der Waals surface area contributed by atoms with Crippen LogP contribution in [0.4, 0.5) is 0 Å². The normalized spacial score (nSPS) is 15.5. The molecule has 0 heterocycles. The maximum atomic E-state index is 10.8. The van der Waals surface area contributed by atoms with Crippen molar-refractivity contribution in [3.63, 3.8) is 0 Å². The lowest BCUT2D eigenvalue weighted by molar-refractivity contribution is -0.121. The summed E-state index contributed by atoms with van der Waals surface area (Å²) in [6.07, 6.45) is 1.60. The summed E-state index contributed by atoms with van der Waals surface area (Å²) in [5.41, 5.74) is 5.26. The fourth-order valence-electron chi connectivity index (χ4n) is 0.479. The Balaban J connectivity index is 3.39.